The molecule has 0 unspecified atom stereocenters. The van der Waals surface area contributed by atoms with Crippen LogP contribution in [0.5, 0.6) is 5.75 Å². The molecule has 1 aromatic heterocycles. The molecule has 2 heteroatoms. The summed E-state index contributed by atoms with van der Waals surface area (Å²) < 4.78 is 5.64. The Morgan fingerprint density at radius 3 is 2.62 bits per heavy atom. The molecule has 0 radical (unpaired) electrons. The van der Waals surface area contributed by atoms with E-state index in [1.54, 1.807) is 6.20 Å². The standard InChI is InChI=1S/C11H17NO/c1-9-10(6-5-7-12-9)13-8-11(2,3)4/h5-7H,8H2,1-4H3. The van der Waals surface area contributed by atoms with Gasteiger partial charge in [0.25, 0.3) is 0 Å². The third kappa shape index (κ3) is 3.45. The van der Waals surface area contributed by atoms with E-state index in [4.69, 9.17) is 4.74 Å². The lowest BCUT2D eigenvalue weighted by Gasteiger charge is -2.19. The summed E-state index contributed by atoms with van der Waals surface area (Å²) in [4.78, 5) is 4.15. The molecule has 0 fully saturated rings. The lowest BCUT2D eigenvalue weighted by Crippen LogP contribution is -2.17. The fourth-order valence-corrected chi connectivity index (χ4v) is 0.916. The number of nitrogens with zero attached hydrogens (tertiary/aromatic N) is 1. The number of hydrogen-bond acceptors (Lipinski definition) is 2. The molecule has 13 heavy (non-hydrogen) atoms. The highest BCUT2D eigenvalue weighted by Crippen LogP contribution is 2.19. The van der Waals surface area contributed by atoms with Crippen LogP contribution in [0.15, 0.2) is 18.3 Å². The first-order valence-electron chi connectivity index (χ1n) is 4.53. The molecular formula is C11H17NO. The van der Waals surface area contributed by atoms with E-state index < -0.39 is 0 Å². The topological polar surface area (TPSA) is 22.1 Å². The molecule has 0 aliphatic carbocycles. The van der Waals surface area contributed by atoms with Gasteiger partial charge >= 0.3 is 0 Å². The first-order valence-corrected chi connectivity index (χ1v) is 4.53. The van der Waals surface area contributed by atoms with Gasteiger partial charge in [0.2, 0.25) is 0 Å². The Morgan fingerprint density at radius 2 is 2.08 bits per heavy atom. The molecule has 0 aliphatic rings. The second kappa shape index (κ2) is 3.77. The summed E-state index contributed by atoms with van der Waals surface area (Å²) in [6.45, 7) is 9.13. The molecule has 0 aromatic carbocycles. The van der Waals surface area contributed by atoms with Crippen molar-refractivity contribution in [1.29, 1.82) is 0 Å². The molecule has 0 spiro atoms. The first-order chi connectivity index (χ1) is 5.99. The lowest BCUT2D eigenvalue weighted by molar-refractivity contribution is 0.196. The number of aryl methyl sites for hydroxylation is 1. The van der Waals surface area contributed by atoms with Crippen molar-refractivity contribution in [3.05, 3.63) is 24.0 Å². The second-order valence-electron chi connectivity index (χ2n) is 4.44. The summed E-state index contributed by atoms with van der Waals surface area (Å²) in [5, 5.41) is 0. The van der Waals surface area contributed by atoms with Crippen molar-refractivity contribution in [1.82, 2.24) is 4.98 Å². The average Bonchev–Trinajstić information content (AvgIpc) is 2.01. The van der Waals surface area contributed by atoms with Crippen molar-refractivity contribution in [2.45, 2.75) is 27.7 Å². The Labute approximate surface area is 80.0 Å². The summed E-state index contributed by atoms with van der Waals surface area (Å²) in [6.07, 6.45) is 1.78. The Balaban J connectivity index is 2.60. The zero-order valence-corrected chi connectivity index (χ0v) is 8.79. The van der Waals surface area contributed by atoms with Crippen LogP contribution in [0.2, 0.25) is 0 Å². The summed E-state index contributed by atoms with van der Waals surface area (Å²) in [7, 11) is 0. The molecule has 72 valence electrons. The SMILES string of the molecule is Cc1ncccc1OCC(C)(C)C. The molecule has 0 N–H and O–H groups in total. The zero-order valence-electron chi connectivity index (χ0n) is 8.79. The van der Waals surface area contributed by atoms with E-state index in [2.05, 4.69) is 25.8 Å². The van der Waals surface area contributed by atoms with E-state index >= 15 is 0 Å². The van der Waals surface area contributed by atoms with Crippen molar-refractivity contribution >= 4 is 0 Å². The summed E-state index contributed by atoms with van der Waals surface area (Å²) >= 11 is 0. The van der Waals surface area contributed by atoms with Crippen LogP contribution in [0, 0.1) is 12.3 Å². The van der Waals surface area contributed by atoms with E-state index in [9.17, 15) is 0 Å². The molecule has 0 bridgehead atoms. The van der Waals surface area contributed by atoms with Crippen LogP contribution < -0.4 is 4.74 Å². The number of rotatable bonds is 2. The smallest absolute Gasteiger partial charge is 0.140 e. The van der Waals surface area contributed by atoms with E-state index in [1.165, 1.54) is 0 Å². The van der Waals surface area contributed by atoms with Gasteiger partial charge in [-0.3, -0.25) is 4.98 Å². The Morgan fingerprint density at radius 1 is 1.38 bits per heavy atom. The van der Waals surface area contributed by atoms with Gasteiger partial charge in [0.15, 0.2) is 0 Å². The number of hydrogen-bond donors (Lipinski definition) is 0. The van der Waals surface area contributed by atoms with Crippen molar-refractivity contribution in [3.8, 4) is 5.75 Å². The normalized spacial score (nSPS) is 11.4. The summed E-state index contributed by atoms with van der Waals surface area (Å²) in [6, 6.07) is 3.85. The quantitative estimate of drug-likeness (QED) is 0.696. The third-order valence-corrected chi connectivity index (χ3v) is 1.62. The van der Waals surface area contributed by atoms with Gasteiger partial charge in [-0.1, -0.05) is 20.8 Å². The third-order valence-electron chi connectivity index (χ3n) is 1.62. The van der Waals surface area contributed by atoms with Crippen LogP contribution in [-0.2, 0) is 0 Å². The monoisotopic (exact) mass is 179 g/mol. The molecule has 0 amide bonds. The number of aromatic nitrogens is 1. The van der Waals surface area contributed by atoms with Crippen LogP contribution in [0.25, 0.3) is 0 Å². The first kappa shape index (κ1) is 10.0. The molecule has 0 aliphatic heterocycles. The minimum absolute atomic E-state index is 0.197. The van der Waals surface area contributed by atoms with E-state index in [-0.39, 0.29) is 5.41 Å². The minimum atomic E-state index is 0.197. The predicted octanol–water partition coefficient (Wildman–Crippen LogP) is 2.81. The molecule has 1 heterocycles. The Kier molecular flexibility index (Phi) is 2.91. The summed E-state index contributed by atoms with van der Waals surface area (Å²) in [5.74, 6) is 0.887. The van der Waals surface area contributed by atoms with Gasteiger partial charge in [0, 0.05) is 6.20 Å². The van der Waals surface area contributed by atoms with Crippen molar-refractivity contribution < 1.29 is 4.74 Å². The maximum Gasteiger partial charge on any atom is 0.140 e. The van der Waals surface area contributed by atoms with E-state index in [1.807, 2.05) is 19.1 Å². The second-order valence-corrected chi connectivity index (χ2v) is 4.44. The molecular weight excluding hydrogens is 162 g/mol. The van der Waals surface area contributed by atoms with Gasteiger partial charge in [0.1, 0.15) is 5.75 Å². The average molecular weight is 179 g/mol. The van der Waals surface area contributed by atoms with E-state index in [0.717, 1.165) is 18.1 Å². The van der Waals surface area contributed by atoms with Crippen molar-refractivity contribution in [2.24, 2.45) is 5.41 Å². The van der Waals surface area contributed by atoms with Crippen LogP contribution in [0.4, 0.5) is 0 Å². The van der Waals surface area contributed by atoms with Crippen LogP contribution in [-0.4, -0.2) is 11.6 Å². The lowest BCUT2D eigenvalue weighted by atomic mass is 9.99. The van der Waals surface area contributed by atoms with Crippen LogP contribution >= 0.6 is 0 Å². The number of ether oxygens (including phenoxy) is 1. The van der Waals surface area contributed by atoms with E-state index in [0.29, 0.717) is 0 Å². The zero-order chi connectivity index (χ0) is 9.90. The number of pyridine rings is 1. The minimum Gasteiger partial charge on any atom is -0.491 e. The van der Waals surface area contributed by atoms with Gasteiger partial charge in [-0.05, 0) is 24.5 Å². The van der Waals surface area contributed by atoms with Crippen LogP contribution in [0.1, 0.15) is 26.5 Å². The van der Waals surface area contributed by atoms with Crippen molar-refractivity contribution in [2.75, 3.05) is 6.61 Å². The van der Waals surface area contributed by atoms with Gasteiger partial charge in [0.05, 0.1) is 12.3 Å². The van der Waals surface area contributed by atoms with Gasteiger partial charge in [-0.2, -0.15) is 0 Å². The summed E-state index contributed by atoms with van der Waals surface area (Å²) in [5.41, 5.74) is 1.15. The molecule has 2 nitrogen and oxygen atoms in total. The maximum absolute atomic E-state index is 5.64. The predicted molar refractivity (Wildman–Crippen MR) is 53.9 cm³/mol. The van der Waals surface area contributed by atoms with Gasteiger partial charge in [-0.25, -0.2) is 0 Å². The largest absolute Gasteiger partial charge is 0.491 e. The highest BCUT2D eigenvalue weighted by Gasteiger charge is 2.11. The molecule has 0 saturated carbocycles. The molecule has 0 saturated heterocycles. The van der Waals surface area contributed by atoms with Crippen molar-refractivity contribution in [3.63, 3.8) is 0 Å². The molecule has 1 aromatic rings. The van der Waals surface area contributed by atoms with Gasteiger partial charge in [-0.15, -0.1) is 0 Å². The highest BCUT2D eigenvalue weighted by molar-refractivity contribution is 5.25. The fourth-order valence-electron chi connectivity index (χ4n) is 0.916. The maximum atomic E-state index is 5.64. The van der Waals surface area contributed by atoms with Gasteiger partial charge < -0.3 is 4.74 Å². The Hall–Kier alpha value is -1.05. The highest BCUT2D eigenvalue weighted by atomic mass is 16.5. The molecule has 1 rings (SSSR count). The Bertz CT molecular complexity index is 276. The molecule has 0 atom stereocenters. The fraction of sp³-hybridized carbons (Fsp3) is 0.545. The van der Waals surface area contributed by atoms with Crippen LogP contribution in [0.3, 0.4) is 0 Å².